The normalized spacial score (nSPS) is 21.5. The molecule has 1 fully saturated rings. The van der Waals surface area contributed by atoms with Crippen LogP contribution < -0.4 is 11.1 Å². The topological polar surface area (TPSA) is 78.7 Å². The number of benzene rings is 1. The largest absolute Gasteiger partial charge is 0.369 e. The van der Waals surface area contributed by atoms with E-state index in [1.165, 1.54) is 11.1 Å². The van der Waals surface area contributed by atoms with E-state index < -0.39 is 0 Å². The van der Waals surface area contributed by atoms with Gasteiger partial charge in [-0.2, -0.15) is 0 Å². The maximum atomic E-state index is 12.7. The molecule has 0 aromatic heterocycles. The van der Waals surface area contributed by atoms with E-state index in [4.69, 9.17) is 5.73 Å². The summed E-state index contributed by atoms with van der Waals surface area (Å²) < 4.78 is 0. The number of likely N-dealkylation sites (tertiary alicyclic amines) is 1. The smallest absolute Gasteiger partial charge is 0.231 e. The van der Waals surface area contributed by atoms with Crippen molar-refractivity contribution in [3.05, 3.63) is 35.4 Å². The average molecular weight is 373 g/mol. The maximum absolute atomic E-state index is 12.7. The Morgan fingerprint density at radius 3 is 2.70 bits per heavy atom. The molecule has 3 rings (SSSR count). The van der Waals surface area contributed by atoms with Gasteiger partial charge < -0.3 is 11.1 Å². The standard InChI is InChI=1S/C21H32N4O2/c1-21(2,25-11-9-16-6-3-4-7-17(16)13-25)15-23-20(27)18-8-5-10-24(12-18)14-19(22)26/h3-4,6-7,18H,5,8-15H2,1-2H3,(H2,22,26)(H,23,27)/t18-/m0/s1. The summed E-state index contributed by atoms with van der Waals surface area (Å²) in [5.41, 5.74) is 8.01. The minimum atomic E-state index is -0.331. The van der Waals surface area contributed by atoms with Crippen LogP contribution in [0.4, 0.5) is 0 Å². The SMILES string of the molecule is CC(C)(CNC(=O)[C@H]1CCCN(CC(N)=O)C1)N1CCc2ccccc2C1. The van der Waals surface area contributed by atoms with E-state index in [-0.39, 0.29) is 29.8 Å². The molecule has 0 aliphatic carbocycles. The molecule has 0 saturated carbocycles. The van der Waals surface area contributed by atoms with Crippen molar-refractivity contribution in [3.63, 3.8) is 0 Å². The van der Waals surface area contributed by atoms with Crippen molar-refractivity contribution in [1.29, 1.82) is 0 Å². The Kier molecular flexibility index (Phi) is 6.17. The third-order valence-corrected chi connectivity index (χ3v) is 5.94. The second-order valence-electron chi connectivity index (χ2n) is 8.51. The van der Waals surface area contributed by atoms with Crippen molar-refractivity contribution in [1.82, 2.24) is 15.1 Å². The number of primary amides is 1. The molecular weight excluding hydrogens is 340 g/mol. The van der Waals surface area contributed by atoms with Gasteiger partial charge in [0, 0.05) is 31.7 Å². The Morgan fingerprint density at radius 2 is 1.96 bits per heavy atom. The number of piperidine rings is 1. The molecule has 0 bridgehead atoms. The molecule has 1 aromatic carbocycles. The van der Waals surface area contributed by atoms with Gasteiger partial charge in [-0.25, -0.2) is 0 Å². The average Bonchev–Trinajstić information content (AvgIpc) is 2.65. The van der Waals surface area contributed by atoms with Gasteiger partial charge in [0.25, 0.3) is 0 Å². The Hall–Kier alpha value is -1.92. The summed E-state index contributed by atoms with van der Waals surface area (Å²) in [6.45, 7) is 8.65. The monoisotopic (exact) mass is 372 g/mol. The summed E-state index contributed by atoms with van der Waals surface area (Å²) in [5.74, 6) is -0.298. The number of rotatable bonds is 6. The lowest BCUT2D eigenvalue weighted by Gasteiger charge is -2.42. The number of nitrogens with zero attached hydrogens (tertiary/aromatic N) is 2. The molecule has 3 N–H and O–H groups in total. The van der Waals surface area contributed by atoms with Crippen molar-refractivity contribution in [2.24, 2.45) is 11.7 Å². The van der Waals surface area contributed by atoms with Crippen molar-refractivity contribution < 1.29 is 9.59 Å². The lowest BCUT2D eigenvalue weighted by atomic mass is 9.93. The van der Waals surface area contributed by atoms with Gasteiger partial charge in [0.1, 0.15) is 0 Å². The van der Waals surface area contributed by atoms with Crippen LogP contribution in [0.5, 0.6) is 0 Å². The molecular formula is C21H32N4O2. The fourth-order valence-electron chi connectivity index (χ4n) is 4.21. The number of hydrogen-bond acceptors (Lipinski definition) is 4. The number of nitrogens with two attached hydrogens (primary N) is 1. The molecule has 1 saturated heterocycles. The fourth-order valence-corrected chi connectivity index (χ4v) is 4.21. The quantitative estimate of drug-likeness (QED) is 0.785. The molecule has 2 aliphatic heterocycles. The number of fused-ring (bicyclic) bond motifs is 1. The first-order chi connectivity index (χ1) is 12.8. The Labute approximate surface area is 162 Å². The number of amides is 2. The first-order valence-corrected chi connectivity index (χ1v) is 9.95. The van der Waals surface area contributed by atoms with E-state index in [1.54, 1.807) is 0 Å². The van der Waals surface area contributed by atoms with Gasteiger partial charge in [-0.3, -0.25) is 19.4 Å². The zero-order valence-electron chi connectivity index (χ0n) is 16.5. The molecule has 27 heavy (non-hydrogen) atoms. The van der Waals surface area contributed by atoms with E-state index in [1.807, 2.05) is 4.90 Å². The third kappa shape index (κ3) is 5.08. The minimum Gasteiger partial charge on any atom is -0.369 e. The molecule has 0 spiro atoms. The van der Waals surface area contributed by atoms with E-state index in [2.05, 4.69) is 48.3 Å². The number of carbonyl (C=O) groups is 2. The van der Waals surface area contributed by atoms with Crippen LogP contribution in [-0.4, -0.2) is 59.9 Å². The van der Waals surface area contributed by atoms with Gasteiger partial charge in [-0.1, -0.05) is 24.3 Å². The van der Waals surface area contributed by atoms with E-state index in [0.717, 1.165) is 38.9 Å². The molecule has 1 aromatic rings. The predicted octanol–water partition coefficient (Wildman–Crippen LogP) is 1.14. The van der Waals surface area contributed by atoms with Gasteiger partial charge in [0.15, 0.2) is 0 Å². The van der Waals surface area contributed by atoms with Crippen molar-refractivity contribution in [2.45, 2.75) is 45.2 Å². The van der Waals surface area contributed by atoms with Crippen molar-refractivity contribution >= 4 is 11.8 Å². The zero-order chi connectivity index (χ0) is 19.4. The predicted molar refractivity (Wildman–Crippen MR) is 106 cm³/mol. The Balaban J connectivity index is 1.52. The van der Waals surface area contributed by atoms with Crippen molar-refractivity contribution in [3.8, 4) is 0 Å². The molecule has 148 valence electrons. The first kappa shape index (κ1) is 19.8. The number of carbonyl (C=O) groups excluding carboxylic acids is 2. The second kappa shape index (κ2) is 8.40. The highest BCUT2D eigenvalue weighted by Crippen LogP contribution is 2.25. The molecule has 1 atom stereocenters. The lowest BCUT2D eigenvalue weighted by Crippen LogP contribution is -2.54. The number of hydrogen-bond donors (Lipinski definition) is 2. The molecule has 0 unspecified atom stereocenters. The summed E-state index contributed by atoms with van der Waals surface area (Å²) in [6.07, 6.45) is 2.86. The Bertz CT molecular complexity index is 689. The van der Waals surface area contributed by atoms with Gasteiger partial charge in [-0.05, 0) is 50.8 Å². The molecule has 0 radical (unpaired) electrons. The van der Waals surface area contributed by atoms with Gasteiger partial charge >= 0.3 is 0 Å². The van der Waals surface area contributed by atoms with Crippen molar-refractivity contribution in [2.75, 3.05) is 32.7 Å². The minimum absolute atomic E-state index is 0.0593. The summed E-state index contributed by atoms with van der Waals surface area (Å²) in [6, 6.07) is 8.61. The van der Waals surface area contributed by atoms with Gasteiger partial charge in [0.05, 0.1) is 12.5 Å². The summed E-state index contributed by atoms with van der Waals surface area (Å²) in [4.78, 5) is 28.3. The Morgan fingerprint density at radius 1 is 1.22 bits per heavy atom. The van der Waals surface area contributed by atoms with Crippen LogP contribution in [0.1, 0.15) is 37.8 Å². The summed E-state index contributed by atoms with van der Waals surface area (Å²) in [7, 11) is 0. The van der Waals surface area contributed by atoms with Crippen LogP contribution in [0.3, 0.4) is 0 Å². The third-order valence-electron chi connectivity index (χ3n) is 5.94. The van der Waals surface area contributed by atoms with Crippen LogP contribution in [0.15, 0.2) is 24.3 Å². The highest BCUT2D eigenvalue weighted by molar-refractivity contribution is 5.79. The maximum Gasteiger partial charge on any atom is 0.231 e. The zero-order valence-corrected chi connectivity index (χ0v) is 16.5. The van der Waals surface area contributed by atoms with Gasteiger partial charge in [0.2, 0.25) is 11.8 Å². The van der Waals surface area contributed by atoms with Crippen LogP contribution in [0, 0.1) is 5.92 Å². The van der Waals surface area contributed by atoms with Crippen LogP contribution in [0.2, 0.25) is 0 Å². The molecule has 2 heterocycles. The van der Waals surface area contributed by atoms with Crippen LogP contribution in [0.25, 0.3) is 0 Å². The summed E-state index contributed by atoms with van der Waals surface area (Å²) >= 11 is 0. The molecule has 6 nitrogen and oxygen atoms in total. The molecule has 2 amide bonds. The van der Waals surface area contributed by atoms with E-state index in [0.29, 0.717) is 13.1 Å². The molecule has 6 heteroatoms. The highest BCUT2D eigenvalue weighted by atomic mass is 16.2. The van der Waals surface area contributed by atoms with Crippen LogP contribution >= 0.6 is 0 Å². The highest BCUT2D eigenvalue weighted by Gasteiger charge is 2.32. The fraction of sp³-hybridized carbons (Fsp3) is 0.619. The van der Waals surface area contributed by atoms with Gasteiger partial charge in [-0.15, -0.1) is 0 Å². The lowest BCUT2D eigenvalue weighted by molar-refractivity contribution is -0.128. The second-order valence-corrected chi connectivity index (χ2v) is 8.51. The number of nitrogens with one attached hydrogen (secondary N) is 1. The molecule has 2 aliphatic rings. The summed E-state index contributed by atoms with van der Waals surface area (Å²) in [5, 5.41) is 3.16. The van der Waals surface area contributed by atoms with Crippen LogP contribution in [-0.2, 0) is 22.6 Å². The first-order valence-electron chi connectivity index (χ1n) is 9.95. The van der Waals surface area contributed by atoms with E-state index >= 15 is 0 Å². The van der Waals surface area contributed by atoms with E-state index in [9.17, 15) is 9.59 Å².